The van der Waals surface area contributed by atoms with Crippen molar-refractivity contribution in [2.75, 3.05) is 0 Å². The Bertz CT molecular complexity index is 588. The summed E-state index contributed by atoms with van der Waals surface area (Å²) < 4.78 is 2.06. The minimum Gasteiger partial charge on any atom is -0.322 e. The SMILES string of the molecule is CCCCCCCCCCCCn1c(C=O)nc2ccccc21. The maximum atomic E-state index is 11.2. The molecule has 0 N–H and O–H groups in total. The lowest BCUT2D eigenvalue weighted by Gasteiger charge is -2.06. The summed E-state index contributed by atoms with van der Waals surface area (Å²) in [5.74, 6) is 0.558. The molecule has 3 heteroatoms. The Hall–Kier alpha value is -1.64. The van der Waals surface area contributed by atoms with Gasteiger partial charge in [-0.25, -0.2) is 4.98 Å². The second kappa shape index (κ2) is 10.2. The summed E-state index contributed by atoms with van der Waals surface area (Å²) in [7, 11) is 0. The van der Waals surface area contributed by atoms with E-state index in [0.717, 1.165) is 30.3 Å². The molecule has 0 spiro atoms. The quantitative estimate of drug-likeness (QED) is 0.368. The Morgan fingerprint density at radius 2 is 1.52 bits per heavy atom. The van der Waals surface area contributed by atoms with Crippen LogP contribution in [0.5, 0.6) is 0 Å². The number of fused-ring (bicyclic) bond motifs is 1. The largest absolute Gasteiger partial charge is 0.322 e. The number of aldehydes is 1. The number of hydrogen-bond acceptors (Lipinski definition) is 2. The van der Waals surface area contributed by atoms with E-state index in [-0.39, 0.29) is 0 Å². The van der Waals surface area contributed by atoms with Crippen LogP contribution in [0.15, 0.2) is 24.3 Å². The van der Waals surface area contributed by atoms with Crippen molar-refractivity contribution in [1.29, 1.82) is 0 Å². The number of carbonyl (C=O) groups excluding carboxylic acids is 1. The highest BCUT2D eigenvalue weighted by molar-refractivity contribution is 5.82. The van der Waals surface area contributed by atoms with Crippen LogP contribution in [0.3, 0.4) is 0 Å². The first-order valence-electron chi connectivity index (χ1n) is 9.27. The van der Waals surface area contributed by atoms with Gasteiger partial charge in [-0.15, -0.1) is 0 Å². The first kappa shape index (κ1) is 17.7. The number of carbonyl (C=O) groups is 1. The number of aryl methyl sites for hydroxylation is 1. The van der Waals surface area contributed by atoms with Crippen LogP contribution in [0.4, 0.5) is 0 Å². The summed E-state index contributed by atoms with van der Waals surface area (Å²) in [4.78, 5) is 15.6. The molecule has 0 bridgehead atoms. The molecule has 0 amide bonds. The van der Waals surface area contributed by atoms with Crippen molar-refractivity contribution in [2.45, 2.75) is 77.7 Å². The molecule has 2 aromatic rings. The monoisotopic (exact) mass is 314 g/mol. The molecule has 126 valence electrons. The zero-order valence-corrected chi connectivity index (χ0v) is 14.5. The molecule has 0 aliphatic rings. The fourth-order valence-corrected chi connectivity index (χ4v) is 3.18. The lowest BCUT2D eigenvalue weighted by Crippen LogP contribution is -2.03. The van der Waals surface area contributed by atoms with E-state index in [0.29, 0.717) is 5.82 Å². The molecule has 0 atom stereocenters. The van der Waals surface area contributed by atoms with Gasteiger partial charge in [0.25, 0.3) is 0 Å². The Morgan fingerprint density at radius 3 is 2.17 bits per heavy atom. The molecule has 1 aromatic carbocycles. The van der Waals surface area contributed by atoms with E-state index in [1.54, 1.807) is 0 Å². The topological polar surface area (TPSA) is 34.9 Å². The number of para-hydroxylation sites is 2. The van der Waals surface area contributed by atoms with Crippen molar-refractivity contribution in [1.82, 2.24) is 9.55 Å². The molecular weight excluding hydrogens is 284 g/mol. The lowest BCUT2D eigenvalue weighted by molar-refractivity contribution is 0.111. The summed E-state index contributed by atoms with van der Waals surface area (Å²) in [5.41, 5.74) is 1.99. The fourth-order valence-electron chi connectivity index (χ4n) is 3.18. The summed E-state index contributed by atoms with van der Waals surface area (Å²) in [5, 5.41) is 0. The van der Waals surface area contributed by atoms with Gasteiger partial charge in [-0.2, -0.15) is 0 Å². The van der Waals surface area contributed by atoms with Gasteiger partial charge in [0.05, 0.1) is 11.0 Å². The van der Waals surface area contributed by atoms with Gasteiger partial charge in [0.1, 0.15) is 0 Å². The molecule has 0 radical (unpaired) electrons. The third-order valence-corrected chi connectivity index (χ3v) is 4.52. The van der Waals surface area contributed by atoms with Crippen LogP contribution < -0.4 is 0 Å². The minimum absolute atomic E-state index is 0.558. The first-order valence-corrected chi connectivity index (χ1v) is 9.27. The van der Waals surface area contributed by atoms with Crippen molar-refractivity contribution in [3.63, 3.8) is 0 Å². The smallest absolute Gasteiger partial charge is 0.185 e. The van der Waals surface area contributed by atoms with E-state index < -0.39 is 0 Å². The van der Waals surface area contributed by atoms with Crippen molar-refractivity contribution in [2.24, 2.45) is 0 Å². The summed E-state index contributed by atoms with van der Waals surface area (Å²) in [6.07, 6.45) is 14.2. The number of unbranched alkanes of at least 4 members (excludes halogenated alkanes) is 9. The highest BCUT2D eigenvalue weighted by Gasteiger charge is 2.08. The van der Waals surface area contributed by atoms with Crippen molar-refractivity contribution < 1.29 is 4.79 Å². The van der Waals surface area contributed by atoms with Gasteiger partial charge in [-0.1, -0.05) is 76.8 Å². The van der Waals surface area contributed by atoms with Crippen LogP contribution in [-0.4, -0.2) is 15.8 Å². The first-order chi connectivity index (χ1) is 11.4. The Morgan fingerprint density at radius 1 is 0.913 bits per heavy atom. The molecule has 0 fully saturated rings. The van der Waals surface area contributed by atoms with Gasteiger partial charge in [0.15, 0.2) is 12.1 Å². The van der Waals surface area contributed by atoms with Gasteiger partial charge in [0, 0.05) is 6.54 Å². The molecule has 0 aliphatic heterocycles. The predicted octanol–water partition coefficient (Wildman–Crippen LogP) is 5.77. The predicted molar refractivity (Wildman–Crippen MR) is 97.0 cm³/mol. The highest BCUT2D eigenvalue weighted by Crippen LogP contribution is 2.17. The Labute approximate surface area is 140 Å². The zero-order chi connectivity index (χ0) is 16.3. The van der Waals surface area contributed by atoms with Crippen molar-refractivity contribution in [3.8, 4) is 0 Å². The summed E-state index contributed by atoms with van der Waals surface area (Å²) in [6, 6.07) is 7.99. The summed E-state index contributed by atoms with van der Waals surface area (Å²) in [6.45, 7) is 3.16. The maximum Gasteiger partial charge on any atom is 0.185 e. The molecule has 0 saturated carbocycles. The average Bonchev–Trinajstić information content (AvgIpc) is 2.94. The fraction of sp³-hybridized carbons (Fsp3) is 0.600. The third-order valence-electron chi connectivity index (χ3n) is 4.52. The van der Waals surface area contributed by atoms with Crippen LogP contribution in [0.1, 0.15) is 81.8 Å². The number of nitrogens with zero attached hydrogens (tertiary/aromatic N) is 2. The molecule has 0 saturated heterocycles. The van der Waals surface area contributed by atoms with Gasteiger partial charge in [-0.3, -0.25) is 4.79 Å². The normalized spacial score (nSPS) is 11.2. The van der Waals surface area contributed by atoms with Gasteiger partial charge in [-0.05, 0) is 18.6 Å². The van der Waals surface area contributed by atoms with E-state index in [1.807, 2.05) is 24.3 Å². The molecule has 23 heavy (non-hydrogen) atoms. The highest BCUT2D eigenvalue weighted by atomic mass is 16.1. The Balaban J connectivity index is 1.66. The van der Waals surface area contributed by atoms with Crippen LogP contribution in [-0.2, 0) is 6.54 Å². The third kappa shape index (κ3) is 5.49. The van der Waals surface area contributed by atoms with Crippen LogP contribution >= 0.6 is 0 Å². The number of imidazole rings is 1. The minimum atomic E-state index is 0.558. The maximum absolute atomic E-state index is 11.2. The van der Waals surface area contributed by atoms with Gasteiger partial charge < -0.3 is 4.57 Å². The van der Waals surface area contributed by atoms with E-state index >= 15 is 0 Å². The number of hydrogen-bond donors (Lipinski definition) is 0. The standard InChI is InChI=1S/C20H30N2O/c1-2-3-4-5-6-7-8-9-10-13-16-22-19-15-12-11-14-18(19)21-20(22)17-23/h11-12,14-15,17H,2-10,13,16H2,1H3. The van der Waals surface area contributed by atoms with Gasteiger partial charge >= 0.3 is 0 Å². The number of aromatic nitrogens is 2. The van der Waals surface area contributed by atoms with Gasteiger partial charge in [0.2, 0.25) is 0 Å². The second-order valence-electron chi connectivity index (χ2n) is 6.41. The van der Waals surface area contributed by atoms with Crippen LogP contribution in [0.25, 0.3) is 11.0 Å². The van der Waals surface area contributed by atoms with Crippen molar-refractivity contribution in [3.05, 3.63) is 30.1 Å². The molecule has 1 aromatic heterocycles. The molecule has 2 rings (SSSR count). The van der Waals surface area contributed by atoms with Crippen LogP contribution in [0.2, 0.25) is 0 Å². The molecular formula is C20H30N2O. The Kier molecular flexibility index (Phi) is 7.85. The van der Waals surface area contributed by atoms with E-state index in [9.17, 15) is 4.79 Å². The summed E-state index contributed by atoms with van der Waals surface area (Å²) >= 11 is 0. The lowest BCUT2D eigenvalue weighted by atomic mass is 10.1. The van der Waals surface area contributed by atoms with Crippen LogP contribution in [0, 0.1) is 0 Å². The molecule has 1 heterocycles. The molecule has 0 aliphatic carbocycles. The van der Waals surface area contributed by atoms with E-state index in [2.05, 4.69) is 16.5 Å². The van der Waals surface area contributed by atoms with E-state index in [1.165, 1.54) is 57.8 Å². The number of rotatable bonds is 12. The second-order valence-corrected chi connectivity index (χ2v) is 6.41. The van der Waals surface area contributed by atoms with E-state index in [4.69, 9.17) is 0 Å². The number of benzene rings is 1. The average molecular weight is 314 g/mol. The molecule has 0 unspecified atom stereocenters. The van der Waals surface area contributed by atoms with Crippen molar-refractivity contribution >= 4 is 17.3 Å². The molecule has 3 nitrogen and oxygen atoms in total. The zero-order valence-electron chi connectivity index (χ0n) is 14.5.